The number of H-pyrrole nitrogens is 1. The van der Waals surface area contributed by atoms with Gasteiger partial charge in [-0.1, -0.05) is 19.8 Å². The van der Waals surface area contributed by atoms with Gasteiger partial charge in [-0.2, -0.15) is 5.10 Å². The third-order valence-electron chi connectivity index (χ3n) is 3.78. The number of aromatic nitrogens is 2. The molecule has 0 aromatic carbocycles. The molecule has 0 spiro atoms. The van der Waals surface area contributed by atoms with E-state index < -0.39 is 0 Å². The van der Waals surface area contributed by atoms with Gasteiger partial charge < -0.3 is 10.6 Å². The molecule has 1 heterocycles. The average Bonchev–Trinajstić information content (AvgIpc) is 2.74. The lowest BCUT2D eigenvalue weighted by atomic mass is 9.85. The number of hydrogen-bond acceptors (Lipinski definition) is 3. The van der Waals surface area contributed by atoms with Gasteiger partial charge in [0.2, 0.25) is 0 Å². The highest BCUT2D eigenvalue weighted by Crippen LogP contribution is 2.28. The number of hydrogen-bond donors (Lipinski definition) is 2. The van der Waals surface area contributed by atoms with Crippen LogP contribution in [0.1, 0.15) is 43.0 Å². The number of aromatic amines is 1. The molecule has 0 saturated heterocycles. The zero-order chi connectivity index (χ0) is 12.4. The van der Waals surface area contributed by atoms with E-state index in [2.05, 4.69) is 17.1 Å². The number of nitrogens with zero attached hydrogens (tertiary/aromatic N) is 2. The lowest BCUT2D eigenvalue weighted by molar-refractivity contribution is 0.0630. The Morgan fingerprint density at radius 1 is 1.53 bits per heavy atom. The standard InChI is InChI=1S/C12H20N4O/c1-8-5-3-4-6-10(8)16(2)12(17)9-7-14-15-11(9)13/h7-8,10H,3-6H2,1-2H3,(H3,13,14,15). The second-order valence-electron chi connectivity index (χ2n) is 4.94. The smallest absolute Gasteiger partial charge is 0.259 e. The Bertz CT molecular complexity index is 401. The topological polar surface area (TPSA) is 75.0 Å². The van der Waals surface area contributed by atoms with Crippen LogP contribution in [0.5, 0.6) is 0 Å². The fourth-order valence-electron chi connectivity index (χ4n) is 2.68. The summed E-state index contributed by atoms with van der Waals surface area (Å²) in [5.74, 6) is 0.881. The normalized spacial score (nSPS) is 24.6. The van der Waals surface area contributed by atoms with E-state index in [1.54, 1.807) is 0 Å². The van der Waals surface area contributed by atoms with Crippen molar-refractivity contribution in [2.75, 3.05) is 12.8 Å². The molecule has 1 amide bonds. The summed E-state index contributed by atoms with van der Waals surface area (Å²) in [6.07, 6.45) is 6.26. The quantitative estimate of drug-likeness (QED) is 0.819. The highest BCUT2D eigenvalue weighted by Gasteiger charge is 2.29. The Balaban J connectivity index is 2.11. The number of amides is 1. The van der Waals surface area contributed by atoms with E-state index in [4.69, 9.17) is 5.73 Å². The largest absolute Gasteiger partial charge is 0.383 e. The molecule has 2 unspecified atom stereocenters. The number of anilines is 1. The van der Waals surface area contributed by atoms with Gasteiger partial charge in [-0.25, -0.2) is 0 Å². The monoisotopic (exact) mass is 236 g/mol. The van der Waals surface area contributed by atoms with Crippen LogP contribution in [0.3, 0.4) is 0 Å². The number of carbonyl (C=O) groups is 1. The van der Waals surface area contributed by atoms with Crippen molar-refractivity contribution in [2.24, 2.45) is 5.92 Å². The molecule has 1 saturated carbocycles. The molecule has 5 nitrogen and oxygen atoms in total. The lowest BCUT2D eigenvalue weighted by Crippen LogP contribution is -2.42. The minimum atomic E-state index is -0.0324. The number of nitrogens with one attached hydrogen (secondary N) is 1. The van der Waals surface area contributed by atoms with Crippen LogP contribution in [-0.4, -0.2) is 34.1 Å². The summed E-state index contributed by atoms with van der Waals surface area (Å²) in [5, 5.41) is 6.39. The van der Waals surface area contributed by atoms with Gasteiger partial charge in [0.15, 0.2) is 0 Å². The van der Waals surface area contributed by atoms with E-state index in [-0.39, 0.29) is 5.91 Å². The van der Waals surface area contributed by atoms with E-state index >= 15 is 0 Å². The van der Waals surface area contributed by atoms with Crippen LogP contribution < -0.4 is 5.73 Å². The summed E-state index contributed by atoms with van der Waals surface area (Å²) in [4.78, 5) is 14.1. The van der Waals surface area contributed by atoms with Crippen LogP contribution in [0.2, 0.25) is 0 Å². The summed E-state index contributed by atoms with van der Waals surface area (Å²) < 4.78 is 0. The van der Waals surface area contributed by atoms with Crippen LogP contribution in [-0.2, 0) is 0 Å². The van der Waals surface area contributed by atoms with Gasteiger partial charge in [0.05, 0.1) is 6.20 Å². The summed E-state index contributed by atoms with van der Waals surface area (Å²) in [6.45, 7) is 2.21. The molecule has 1 aromatic rings. The Morgan fingerprint density at radius 3 is 2.82 bits per heavy atom. The highest BCUT2D eigenvalue weighted by molar-refractivity contribution is 5.98. The zero-order valence-electron chi connectivity index (χ0n) is 10.4. The first-order valence-electron chi connectivity index (χ1n) is 6.17. The van der Waals surface area contributed by atoms with Crippen molar-refractivity contribution in [1.82, 2.24) is 15.1 Å². The van der Waals surface area contributed by atoms with E-state index in [1.807, 2.05) is 11.9 Å². The van der Waals surface area contributed by atoms with Gasteiger partial charge in [0, 0.05) is 13.1 Å². The SMILES string of the molecule is CC1CCCCC1N(C)C(=O)c1cn[nH]c1N. The van der Waals surface area contributed by atoms with Crippen LogP contribution in [0, 0.1) is 5.92 Å². The predicted molar refractivity (Wildman–Crippen MR) is 66.5 cm³/mol. The maximum Gasteiger partial charge on any atom is 0.259 e. The molecule has 2 rings (SSSR count). The predicted octanol–water partition coefficient (Wildman–Crippen LogP) is 1.64. The van der Waals surface area contributed by atoms with E-state index in [9.17, 15) is 4.79 Å². The minimum Gasteiger partial charge on any atom is -0.383 e. The van der Waals surface area contributed by atoms with Crippen molar-refractivity contribution < 1.29 is 4.79 Å². The summed E-state index contributed by atoms with van der Waals surface area (Å²) >= 11 is 0. The molecule has 5 heteroatoms. The molecule has 17 heavy (non-hydrogen) atoms. The number of nitrogen functional groups attached to an aromatic ring is 1. The third kappa shape index (κ3) is 2.28. The van der Waals surface area contributed by atoms with Gasteiger partial charge in [-0.3, -0.25) is 9.89 Å². The molecular weight excluding hydrogens is 216 g/mol. The summed E-state index contributed by atoms with van der Waals surface area (Å²) in [6, 6.07) is 0.325. The maximum atomic E-state index is 12.3. The van der Waals surface area contributed by atoms with Crippen molar-refractivity contribution in [3.8, 4) is 0 Å². The molecule has 0 bridgehead atoms. The first kappa shape index (κ1) is 12.0. The molecule has 1 fully saturated rings. The molecule has 0 aliphatic heterocycles. The minimum absolute atomic E-state index is 0.0324. The van der Waals surface area contributed by atoms with Gasteiger partial charge in [0.25, 0.3) is 5.91 Å². The molecule has 1 aromatic heterocycles. The molecule has 1 aliphatic carbocycles. The first-order valence-corrected chi connectivity index (χ1v) is 6.17. The zero-order valence-corrected chi connectivity index (χ0v) is 10.4. The molecule has 2 atom stereocenters. The molecular formula is C12H20N4O. The molecule has 3 N–H and O–H groups in total. The van der Waals surface area contributed by atoms with Crippen molar-refractivity contribution >= 4 is 11.7 Å². The second kappa shape index (κ2) is 4.77. The average molecular weight is 236 g/mol. The fraction of sp³-hybridized carbons (Fsp3) is 0.667. The Hall–Kier alpha value is -1.52. The summed E-state index contributed by atoms with van der Waals surface area (Å²) in [7, 11) is 1.86. The van der Waals surface area contributed by atoms with Crippen molar-refractivity contribution in [1.29, 1.82) is 0 Å². The Kier molecular flexibility index (Phi) is 3.36. The van der Waals surface area contributed by atoms with E-state index in [0.29, 0.717) is 23.3 Å². The van der Waals surface area contributed by atoms with Gasteiger partial charge in [-0.05, 0) is 18.8 Å². The highest BCUT2D eigenvalue weighted by atomic mass is 16.2. The molecule has 0 radical (unpaired) electrons. The van der Waals surface area contributed by atoms with Crippen LogP contribution >= 0.6 is 0 Å². The fourth-order valence-corrected chi connectivity index (χ4v) is 2.68. The summed E-state index contributed by atoms with van der Waals surface area (Å²) in [5.41, 5.74) is 6.16. The van der Waals surface area contributed by atoms with Crippen molar-refractivity contribution in [3.05, 3.63) is 11.8 Å². The molecule has 94 valence electrons. The Labute approximate surface area is 101 Å². The van der Waals surface area contributed by atoms with E-state index in [0.717, 1.165) is 6.42 Å². The lowest BCUT2D eigenvalue weighted by Gasteiger charge is -2.36. The van der Waals surface area contributed by atoms with Crippen molar-refractivity contribution in [3.63, 3.8) is 0 Å². The number of rotatable bonds is 2. The second-order valence-corrected chi connectivity index (χ2v) is 4.94. The molecule has 1 aliphatic rings. The first-order chi connectivity index (χ1) is 8.11. The van der Waals surface area contributed by atoms with Gasteiger partial charge >= 0.3 is 0 Å². The van der Waals surface area contributed by atoms with Crippen LogP contribution in [0.25, 0.3) is 0 Å². The van der Waals surface area contributed by atoms with E-state index in [1.165, 1.54) is 25.5 Å². The third-order valence-corrected chi connectivity index (χ3v) is 3.78. The maximum absolute atomic E-state index is 12.3. The Morgan fingerprint density at radius 2 is 2.24 bits per heavy atom. The van der Waals surface area contributed by atoms with Crippen LogP contribution in [0.4, 0.5) is 5.82 Å². The van der Waals surface area contributed by atoms with Gasteiger partial charge in [-0.15, -0.1) is 0 Å². The van der Waals surface area contributed by atoms with Crippen molar-refractivity contribution in [2.45, 2.75) is 38.6 Å². The van der Waals surface area contributed by atoms with Gasteiger partial charge in [0.1, 0.15) is 11.4 Å². The van der Waals surface area contributed by atoms with Crippen LogP contribution in [0.15, 0.2) is 6.20 Å². The number of nitrogens with two attached hydrogens (primary N) is 1. The number of carbonyl (C=O) groups excluding carboxylic acids is 1.